The summed E-state index contributed by atoms with van der Waals surface area (Å²) in [7, 11) is 0. The first-order valence-corrected chi connectivity index (χ1v) is 28.5. The molecule has 0 spiro atoms. The van der Waals surface area contributed by atoms with E-state index in [0.717, 1.165) is 72.8 Å². The molecule has 396 valence electrons. The van der Waals surface area contributed by atoms with E-state index in [1.165, 1.54) is 60.8 Å². The maximum absolute atomic E-state index is 6.25. The molecule has 2 nitrogen and oxygen atoms in total. The van der Waals surface area contributed by atoms with Crippen molar-refractivity contribution in [1.82, 2.24) is 4.57 Å². The maximum atomic E-state index is 6.25. The molecule has 0 atom stereocenters. The van der Waals surface area contributed by atoms with Gasteiger partial charge >= 0.3 is 0 Å². The fourth-order valence-corrected chi connectivity index (χ4v) is 12.9. The Morgan fingerprint density at radius 1 is 0.306 bits per heavy atom. The third-order valence-corrected chi connectivity index (χ3v) is 17.2. The Morgan fingerprint density at radius 3 is 1.47 bits per heavy atom. The Balaban J connectivity index is 0.825. The normalized spacial score (nSPS) is 11.9. The first kappa shape index (κ1) is 51.6. The summed E-state index contributed by atoms with van der Waals surface area (Å²) >= 11 is 0. The van der Waals surface area contributed by atoms with Crippen LogP contribution in [-0.4, -0.2) is 4.57 Å². The molecule has 1 aliphatic carbocycles. The molecular weight excluding hydrogens is 1020 g/mol. The van der Waals surface area contributed by atoms with Crippen LogP contribution in [0, 0.1) is 49.4 Å². The van der Waals surface area contributed by atoms with E-state index in [2.05, 4.69) is 278 Å². The van der Waals surface area contributed by atoms with Crippen molar-refractivity contribution in [1.29, 1.82) is 0 Å². The summed E-state index contributed by atoms with van der Waals surface area (Å²) in [6, 6.07) is 95.6. The summed E-state index contributed by atoms with van der Waals surface area (Å²) in [5.74, 6) is 11.4. The largest absolute Gasteiger partial charge is 0.310 e. The van der Waals surface area contributed by atoms with Crippen LogP contribution in [0.3, 0.4) is 0 Å². The van der Waals surface area contributed by atoms with Gasteiger partial charge in [-0.15, -0.1) is 25.7 Å². The second-order valence-electron chi connectivity index (χ2n) is 22.2. The van der Waals surface area contributed by atoms with E-state index in [1.54, 1.807) is 0 Å². The molecule has 85 heavy (non-hydrogen) atoms. The summed E-state index contributed by atoms with van der Waals surface area (Å²) in [5, 5.41) is 2.46. The monoisotopic (exact) mass is 1080 g/mol. The van der Waals surface area contributed by atoms with E-state index in [4.69, 9.17) is 25.7 Å². The van der Waals surface area contributed by atoms with Crippen LogP contribution in [0.15, 0.2) is 267 Å². The minimum absolute atomic E-state index is 0.325. The Labute approximate surface area is 498 Å². The van der Waals surface area contributed by atoms with Crippen molar-refractivity contribution in [3.63, 3.8) is 0 Å². The number of hydrogen-bond acceptors (Lipinski definition) is 1. The van der Waals surface area contributed by atoms with Gasteiger partial charge in [-0.25, -0.2) is 0 Å². The van der Waals surface area contributed by atoms with E-state index in [1.807, 2.05) is 36.4 Å². The molecule has 2 heteroatoms. The fraction of sp³-hybridized carbons (Fsp3) is 0.0361. The lowest BCUT2D eigenvalue weighted by Gasteiger charge is -2.28. The quantitative estimate of drug-likeness (QED) is 0.124. The van der Waals surface area contributed by atoms with Gasteiger partial charge in [0.1, 0.15) is 0 Å². The van der Waals surface area contributed by atoms with E-state index < -0.39 is 0 Å². The molecule has 1 aromatic heterocycles. The second-order valence-corrected chi connectivity index (χ2v) is 22.2. The van der Waals surface area contributed by atoms with Gasteiger partial charge in [-0.1, -0.05) is 207 Å². The minimum atomic E-state index is -0.325. The van der Waals surface area contributed by atoms with Gasteiger partial charge in [0.05, 0.1) is 11.0 Å². The first-order chi connectivity index (χ1) is 41.7. The topological polar surface area (TPSA) is 8.17 Å². The highest BCUT2D eigenvalue weighted by Crippen LogP contribution is 2.52. The Morgan fingerprint density at radius 2 is 0.776 bits per heavy atom. The zero-order valence-electron chi connectivity index (χ0n) is 47.1. The molecule has 0 radical (unpaired) electrons. The Hall–Kier alpha value is -11.5. The molecule has 0 aliphatic heterocycles. The van der Waals surface area contributed by atoms with Crippen LogP contribution in [0.2, 0.25) is 0 Å². The smallest absolute Gasteiger partial charge is 0.0541 e. The number of para-hydroxylation sites is 2. The summed E-state index contributed by atoms with van der Waals surface area (Å²) < 4.78 is 2.36. The maximum Gasteiger partial charge on any atom is 0.0541 e. The highest BCUT2D eigenvalue weighted by molar-refractivity contribution is 6.10. The van der Waals surface area contributed by atoms with Crippen LogP contribution >= 0.6 is 0 Å². The zero-order valence-corrected chi connectivity index (χ0v) is 47.1. The fourth-order valence-electron chi connectivity index (χ4n) is 12.9. The molecule has 0 fully saturated rings. The van der Waals surface area contributed by atoms with Crippen molar-refractivity contribution >= 4 is 38.9 Å². The van der Waals surface area contributed by atoms with Crippen LogP contribution in [-0.2, 0) is 5.41 Å². The number of aromatic nitrogens is 1. The average Bonchev–Trinajstić information content (AvgIpc) is 1.98. The second kappa shape index (κ2) is 21.1. The lowest BCUT2D eigenvalue weighted by Crippen LogP contribution is -2.16. The third kappa shape index (κ3) is 8.87. The molecule has 14 rings (SSSR count). The SMILES string of the molecule is C#Cc1cccc(-c2ccc(-c3cccc(-c4ccc5c(c4)C(C)(C)c4cc(N(c6ccc(-c7ccccc7)cc6)c6ccc(-c7ccc8c(c7)c7ccccc7n8-c7ccccc7)cc6)ccc4-5)c3)c(-c3cccc(C#C)c3C#C)c2)c1C#C. The molecule has 0 saturated carbocycles. The molecule has 1 heterocycles. The molecule has 0 unspecified atom stereocenters. The molecule has 0 N–H and O–H groups in total. The van der Waals surface area contributed by atoms with Gasteiger partial charge in [0.15, 0.2) is 0 Å². The number of anilines is 3. The molecular formula is C83H54N2. The average molecular weight is 1080 g/mol. The van der Waals surface area contributed by atoms with Crippen LogP contribution in [0.1, 0.15) is 47.2 Å². The predicted molar refractivity (Wildman–Crippen MR) is 357 cm³/mol. The zero-order chi connectivity index (χ0) is 57.8. The highest BCUT2D eigenvalue weighted by atomic mass is 15.1. The molecule has 0 saturated heterocycles. The summed E-state index contributed by atoms with van der Waals surface area (Å²) in [4.78, 5) is 2.39. The molecule has 1 aliphatic rings. The first-order valence-electron chi connectivity index (χ1n) is 28.5. The van der Waals surface area contributed by atoms with E-state index in [-0.39, 0.29) is 5.41 Å². The van der Waals surface area contributed by atoms with E-state index in [0.29, 0.717) is 22.3 Å². The van der Waals surface area contributed by atoms with Gasteiger partial charge in [0.25, 0.3) is 0 Å². The number of rotatable bonds is 10. The van der Waals surface area contributed by atoms with Crippen LogP contribution in [0.25, 0.3) is 105 Å². The van der Waals surface area contributed by atoms with Crippen LogP contribution in [0.4, 0.5) is 17.1 Å². The van der Waals surface area contributed by atoms with Gasteiger partial charge in [-0.2, -0.15) is 0 Å². The van der Waals surface area contributed by atoms with Gasteiger partial charge in [0.2, 0.25) is 0 Å². The van der Waals surface area contributed by atoms with Gasteiger partial charge < -0.3 is 9.47 Å². The van der Waals surface area contributed by atoms with Crippen molar-refractivity contribution in [2.24, 2.45) is 0 Å². The van der Waals surface area contributed by atoms with Crippen molar-refractivity contribution in [2.75, 3.05) is 4.90 Å². The van der Waals surface area contributed by atoms with Crippen molar-refractivity contribution in [3.05, 3.63) is 300 Å². The molecule has 13 aromatic rings. The predicted octanol–water partition coefficient (Wildman–Crippen LogP) is 20.5. The van der Waals surface area contributed by atoms with Crippen LogP contribution < -0.4 is 4.90 Å². The standard InChI is InChI=1S/C83H54N2/c1-7-55-24-20-31-71(69(55)9-3)64-39-46-72(77(52-64)73-32-21-25-56(8-2)70(73)10-4)63-27-19-26-60(50-63)62-38-47-74-75-48-45-68(54-80(75)83(5,6)79(74)53-62)84(66-41-34-58(35-42-66)57-22-13-11-14-23-57)67-43-36-59(37-44-67)61-40-49-82-78(51-61)76-30-17-18-33-81(76)85(82)65-28-15-12-16-29-65/h1-4,11-54H,5-6H3. The van der Waals surface area contributed by atoms with Gasteiger partial charge in [-0.3, -0.25) is 0 Å². The lowest BCUT2D eigenvalue weighted by atomic mass is 9.81. The number of benzene rings is 12. The third-order valence-electron chi connectivity index (χ3n) is 17.2. The highest BCUT2D eigenvalue weighted by Gasteiger charge is 2.36. The lowest BCUT2D eigenvalue weighted by molar-refractivity contribution is 0.660. The summed E-state index contributed by atoms with van der Waals surface area (Å²) in [6.07, 6.45) is 24.3. The van der Waals surface area contributed by atoms with E-state index >= 15 is 0 Å². The number of terminal acetylenes is 4. The van der Waals surface area contributed by atoms with Gasteiger partial charge in [-0.05, 0) is 186 Å². The Kier molecular flexibility index (Phi) is 12.8. The number of nitrogens with zero attached hydrogens (tertiary/aromatic N) is 2. The van der Waals surface area contributed by atoms with Gasteiger partial charge in [0, 0.05) is 61.2 Å². The minimum Gasteiger partial charge on any atom is -0.310 e. The van der Waals surface area contributed by atoms with Crippen LogP contribution in [0.5, 0.6) is 0 Å². The van der Waals surface area contributed by atoms with Crippen molar-refractivity contribution in [3.8, 4) is 133 Å². The molecule has 0 amide bonds. The molecule has 0 bridgehead atoms. The number of fused-ring (bicyclic) bond motifs is 6. The van der Waals surface area contributed by atoms with Crippen molar-refractivity contribution < 1.29 is 0 Å². The summed E-state index contributed by atoms with van der Waals surface area (Å²) in [5.41, 5.74) is 26.7. The van der Waals surface area contributed by atoms with Crippen molar-refractivity contribution in [2.45, 2.75) is 19.3 Å². The number of hydrogen-bond donors (Lipinski definition) is 0. The molecule has 12 aromatic carbocycles. The Bertz CT molecular complexity index is 4990. The van der Waals surface area contributed by atoms with E-state index in [9.17, 15) is 0 Å². The summed E-state index contributed by atoms with van der Waals surface area (Å²) in [6.45, 7) is 4.71.